The van der Waals surface area contributed by atoms with Crippen molar-refractivity contribution in [1.82, 2.24) is 0 Å². The average Bonchev–Trinajstić information content (AvgIpc) is 2.27. The highest BCUT2D eigenvalue weighted by atomic mass is 16.6. The number of nitrogens with zero attached hydrogens (tertiary/aromatic N) is 1. The molecule has 0 amide bonds. The van der Waals surface area contributed by atoms with E-state index in [4.69, 9.17) is 4.74 Å². The maximum Gasteiger partial charge on any atom is 0.235 e. The standard InChI is InChI=1S/C12H13NO3/c1-3-5-11-10(8-9-13(14)15)6-4-7-12(11)16-2/h3-4,6-9H,1,5H2,2H3/b9-8+. The Kier molecular flexibility index (Phi) is 4.27. The molecule has 16 heavy (non-hydrogen) atoms. The second-order valence-corrected chi connectivity index (χ2v) is 3.12. The molecule has 0 atom stereocenters. The third-order valence-corrected chi connectivity index (χ3v) is 2.11. The van der Waals surface area contributed by atoms with Crippen LogP contribution < -0.4 is 4.74 Å². The molecule has 0 heterocycles. The zero-order chi connectivity index (χ0) is 12.0. The molecule has 0 fully saturated rings. The summed E-state index contributed by atoms with van der Waals surface area (Å²) in [4.78, 5) is 9.77. The molecule has 0 aliphatic heterocycles. The Morgan fingerprint density at radius 2 is 2.31 bits per heavy atom. The van der Waals surface area contributed by atoms with Crippen LogP contribution in [0.2, 0.25) is 0 Å². The zero-order valence-electron chi connectivity index (χ0n) is 9.05. The van der Waals surface area contributed by atoms with Crippen molar-refractivity contribution >= 4 is 6.08 Å². The van der Waals surface area contributed by atoms with Crippen molar-refractivity contribution in [3.63, 3.8) is 0 Å². The highest BCUT2D eigenvalue weighted by molar-refractivity contribution is 5.57. The van der Waals surface area contributed by atoms with Crippen LogP contribution in [0, 0.1) is 10.1 Å². The Balaban J connectivity index is 3.15. The summed E-state index contributed by atoms with van der Waals surface area (Å²) < 4.78 is 5.19. The van der Waals surface area contributed by atoms with E-state index in [1.807, 2.05) is 6.07 Å². The van der Waals surface area contributed by atoms with E-state index in [-0.39, 0.29) is 0 Å². The molecular formula is C12H13NO3. The van der Waals surface area contributed by atoms with Gasteiger partial charge in [0.25, 0.3) is 0 Å². The minimum Gasteiger partial charge on any atom is -0.496 e. The fourth-order valence-electron chi connectivity index (χ4n) is 1.43. The van der Waals surface area contributed by atoms with Gasteiger partial charge in [-0.15, -0.1) is 6.58 Å². The molecule has 0 unspecified atom stereocenters. The van der Waals surface area contributed by atoms with Crippen LogP contribution in [0.25, 0.3) is 6.08 Å². The van der Waals surface area contributed by atoms with Crippen molar-refractivity contribution in [2.75, 3.05) is 7.11 Å². The minimum atomic E-state index is -0.489. The van der Waals surface area contributed by atoms with Crippen molar-refractivity contribution in [3.8, 4) is 5.75 Å². The van der Waals surface area contributed by atoms with Gasteiger partial charge in [-0.1, -0.05) is 18.2 Å². The average molecular weight is 219 g/mol. The summed E-state index contributed by atoms with van der Waals surface area (Å²) in [6.45, 7) is 3.65. The molecule has 84 valence electrons. The van der Waals surface area contributed by atoms with Crippen LogP contribution in [-0.4, -0.2) is 12.0 Å². The van der Waals surface area contributed by atoms with Crippen molar-refractivity contribution < 1.29 is 9.66 Å². The third kappa shape index (κ3) is 2.95. The topological polar surface area (TPSA) is 52.4 Å². The molecule has 0 aliphatic rings. The first kappa shape index (κ1) is 12.0. The number of nitro groups is 1. The van der Waals surface area contributed by atoms with Gasteiger partial charge < -0.3 is 4.74 Å². The van der Waals surface area contributed by atoms with Gasteiger partial charge in [0.15, 0.2) is 0 Å². The molecular weight excluding hydrogens is 206 g/mol. The minimum absolute atomic E-state index is 0.489. The lowest BCUT2D eigenvalue weighted by Gasteiger charge is -2.09. The Bertz CT molecular complexity index is 424. The summed E-state index contributed by atoms with van der Waals surface area (Å²) in [6.07, 6.45) is 4.73. The third-order valence-electron chi connectivity index (χ3n) is 2.11. The predicted octanol–water partition coefficient (Wildman–Crippen LogP) is 2.67. The molecule has 0 saturated carbocycles. The molecule has 0 aliphatic carbocycles. The summed E-state index contributed by atoms with van der Waals surface area (Å²) in [5, 5.41) is 10.3. The van der Waals surface area contributed by atoms with E-state index in [9.17, 15) is 10.1 Å². The highest BCUT2D eigenvalue weighted by Crippen LogP contribution is 2.24. The van der Waals surface area contributed by atoms with Gasteiger partial charge in [-0.05, 0) is 18.1 Å². The molecule has 1 aromatic carbocycles. The molecule has 0 radical (unpaired) electrons. The van der Waals surface area contributed by atoms with E-state index in [2.05, 4.69) is 6.58 Å². The van der Waals surface area contributed by atoms with Crippen molar-refractivity contribution in [2.24, 2.45) is 0 Å². The fourth-order valence-corrected chi connectivity index (χ4v) is 1.43. The lowest BCUT2D eigenvalue weighted by atomic mass is 10.0. The van der Waals surface area contributed by atoms with Gasteiger partial charge in [0.05, 0.1) is 12.0 Å². The number of rotatable bonds is 5. The maximum absolute atomic E-state index is 10.3. The normalized spacial score (nSPS) is 10.3. The molecule has 0 saturated heterocycles. The van der Waals surface area contributed by atoms with Crippen LogP contribution in [-0.2, 0) is 6.42 Å². The Morgan fingerprint density at radius 3 is 2.88 bits per heavy atom. The largest absolute Gasteiger partial charge is 0.496 e. The Hall–Kier alpha value is -2.10. The first-order valence-corrected chi connectivity index (χ1v) is 4.77. The number of benzene rings is 1. The predicted molar refractivity (Wildman–Crippen MR) is 62.9 cm³/mol. The Morgan fingerprint density at radius 1 is 1.56 bits per heavy atom. The summed E-state index contributed by atoms with van der Waals surface area (Å²) in [5.41, 5.74) is 1.68. The van der Waals surface area contributed by atoms with Crippen LogP contribution >= 0.6 is 0 Å². The Labute approximate surface area is 94.0 Å². The van der Waals surface area contributed by atoms with Crippen LogP contribution in [0.1, 0.15) is 11.1 Å². The molecule has 0 spiro atoms. The zero-order valence-corrected chi connectivity index (χ0v) is 9.05. The molecule has 4 nitrogen and oxygen atoms in total. The molecule has 4 heteroatoms. The number of ether oxygens (including phenoxy) is 1. The van der Waals surface area contributed by atoms with E-state index in [1.54, 1.807) is 25.3 Å². The quantitative estimate of drug-likeness (QED) is 0.434. The van der Waals surface area contributed by atoms with Crippen LogP contribution in [0.4, 0.5) is 0 Å². The van der Waals surface area contributed by atoms with Crippen LogP contribution in [0.15, 0.2) is 37.1 Å². The second kappa shape index (κ2) is 5.70. The van der Waals surface area contributed by atoms with Gasteiger partial charge in [-0.2, -0.15) is 0 Å². The molecule has 0 N–H and O–H groups in total. The maximum atomic E-state index is 10.3. The highest BCUT2D eigenvalue weighted by Gasteiger charge is 2.05. The van der Waals surface area contributed by atoms with E-state index in [0.717, 1.165) is 17.3 Å². The molecule has 1 rings (SSSR count). The van der Waals surface area contributed by atoms with Crippen molar-refractivity contribution in [1.29, 1.82) is 0 Å². The number of allylic oxidation sites excluding steroid dienone is 1. The van der Waals surface area contributed by atoms with Gasteiger partial charge in [0.1, 0.15) is 5.75 Å². The van der Waals surface area contributed by atoms with Crippen LogP contribution in [0.5, 0.6) is 5.75 Å². The summed E-state index contributed by atoms with van der Waals surface area (Å²) >= 11 is 0. The van der Waals surface area contributed by atoms with Crippen molar-refractivity contribution in [2.45, 2.75) is 6.42 Å². The second-order valence-electron chi connectivity index (χ2n) is 3.12. The lowest BCUT2D eigenvalue weighted by Crippen LogP contribution is -1.94. The van der Waals surface area contributed by atoms with Crippen LogP contribution in [0.3, 0.4) is 0 Å². The number of hydrogen-bond acceptors (Lipinski definition) is 3. The summed E-state index contributed by atoms with van der Waals surface area (Å²) in [5.74, 6) is 0.713. The monoisotopic (exact) mass is 219 g/mol. The lowest BCUT2D eigenvalue weighted by molar-refractivity contribution is -0.400. The SMILES string of the molecule is C=CCc1c(/C=C/[N+](=O)[O-])cccc1OC. The van der Waals surface area contributed by atoms with Crippen molar-refractivity contribution in [3.05, 3.63) is 58.3 Å². The molecule has 0 aromatic heterocycles. The first-order valence-electron chi connectivity index (χ1n) is 4.77. The van der Waals surface area contributed by atoms with Gasteiger partial charge in [-0.25, -0.2) is 0 Å². The van der Waals surface area contributed by atoms with Gasteiger partial charge in [0.2, 0.25) is 6.20 Å². The van der Waals surface area contributed by atoms with E-state index in [0.29, 0.717) is 12.2 Å². The number of hydrogen-bond donors (Lipinski definition) is 0. The summed E-state index contributed by atoms with van der Waals surface area (Å²) in [6, 6.07) is 5.43. The van der Waals surface area contributed by atoms with E-state index in [1.165, 1.54) is 6.08 Å². The fraction of sp³-hybridized carbons (Fsp3) is 0.167. The van der Waals surface area contributed by atoms with Gasteiger partial charge >= 0.3 is 0 Å². The smallest absolute Gasteiger partial charge is 0.235 e. The number of methoxy groups -OCH3 is 1. The van der Waals surface area contributed by atoms with E-state index < -0.39 is 4.92 Å². The van der Waals surface area contributed by atoms with Gasteiger partial charge in [0, 0.05) is 11.6 Å². The van der Waals surface area contributed by atoms with Gasteiger partial charge in [-0.3, -0.25) is 10.1 Å². The molecule has 0 bridgehead atoms. The first-order chi connectivity index (χ1) is 7.69. The summed E-state index contributed by atoms with van der Waals surface area (Å²) in [7, 11) is 1.57. The van der Waals surface area contributed by atoms with E-state index >= 15 is 0 Å². The molecule has 1 aromatic rings.